The molecule has 2 aliphatic carbocycles. The van der Waals surface area contributed by atoms with Crippen molar-refractivity contribution in [3.8, 4) is 0 Å². The minimum atomic E-state index is -0.341. The maximum absolute atomic E-state index is 10.9. The van der Waals surface area contributed by atoms with E-state index in [0.717, 1.165) is 35.3 Å². The number of pyridine rings is 1. The molecule has 0 aliphatic heterocycles. The van der Waals surface area contributed by atoms with Crippen LogP contribution in [0.2, 0.25) is 0 Å². The van der Waals surface area contributed by atoms with Gasteiger partial charge in [0.25, 0.3) is 0 Å². The molecule has 0 radical (unpaired) electrons. The molecule has 0 spiro atoms. The topological polar surface area (TPSA) is 59.8 Å². The highest BCUT2D eigenvalue weighted by atomic mass is 16.1. The second-order valence-electron chi connectivity index (χ2n) is 7.64. The number of hydrogen-bond acceptors (Lipinski definition) is 4. The van der Waals surface area contributed by atoms with E-state index in [1.54, 1.807) is 12.4 Å². The van der Waals surface area contributed by atoms with Gasteiger partial charge in [0.1, 0.15) is 6.29 Å². The molecule has 1 N–H and O–H groups in total. The van der Waals surface area contributed by atoms with Gasteiger partial charge in [0.05, 0.1) is 5.69 Å². The number of rotatable bonds is 6. The van der Waals surface area contributed by atoms with E-state index in [1.807, 2.05) is 23.0 Å². The van der Waals surface area contributed by atoms with Gasteiger partial charge < -0.3 is 5.32 Å². The standard InChI is InChI=1S/C24H22N4O/c29-15-5-14-28-22-16-24(18-6-2-1-3-7-18,19-8-4-13-25-17-19)12-11-21(22)23(27-28)26-20-9-10-20/h1-8,11-15,17,20H,9-10,16H2,(H,26,27). The lowest BCUT2D eigenvalue weighted by atomic mass is 9.69. The largest absolute Gasteiger partial charge is 0.365 e. The van der Waals surface area contributed by atoms with Gasteiger partial charge in [-0.05, 0) is 36.1 Å². The Kier molecular flexibility index (Phi) is 4.35. The number of benzene rings is 1. The summed E-state index contributed by atoms with van der Waals surface area (Å²) in [6.07, 6.45) is 15.3. The van der Waals surface area contributed by atoms with Crippen LogP contribution in [0.1, 0.15) is 35.2 Å². The van der Waals surface area contributed by atoms with Crippen LogP contribution in [0.25, 0.3) is 12.3 Å². The Bertz CT molecular complexity index is 1040. The van der Waals surface area contributed by atoms with E-state index in [-0.39, 0.29) is 5.41 Å². The molecule has 2 heterocycles. The molecule has 1 aromatic carbocycles. The molecule has 2 aliphatic rings. The minimum absolute atomic E-state index is 0.341. The predicted molar refractivity (Wildman–Crippen MR) is 114 cm³/mol. The fraction of sp³-hybridized carbons (Fsp3) is 0.208. The molecule has 5 heteroatoms. The van der Waals surface area contributed by atoms with Crippen LogP contribution in [-0.2, 0) is 16.6 Å². The molecular formula is C24H22N4O. The first kappa shape index (κ1) is 17.6. The highest BCUT2D eigenvalue weighted by molar-refractivity contribution is 5.74. The van der Waals surface area contributed by atoms with E-state index in [1.165, 1.54) is 24.5 Å². The Morgan fingerprint density at radius 2 is 1.93 bits per heavy atom. The highest BCUT2D eigenvalue weighted by Crippen LogP contribution is 2.43. The van der Waals surface area contributed by atoms with Crippen LogP contribution in [0.15, 0.2) is 67.0 Å². The molecule has 0 saturated heterocycles. The van der Waals surface area contributed by atoms with E-state index < -0.39 is 0 Å². The number of aromatic nitrogens is 3. The number of allylic oxidation sites excluding steroid dienone is 2. The Hall–Kier alpha value is -3.47. The first-order chi connectivity index (χ1) is 14.3. The van der Waals surface area contributed by atoms with Crippen LogP contribution in [-0.4, -0.2) is 27.1 Å². The van der Waals surface area contributed by atoms with E-state index in [4.69, 9.17) is 5.10 Å². The zero-order chi connectivity index (χ0) is 19.7. The molecule has 2 aromatic heterocycles. The summed E-state index contributed by atoms with van der Waals surface area (Å²) in [5, 5.41) is 8.29. The van der Waals surface area contributed by atoms with Gasteiger partial charge in [-0.25, -0.2) is 4.68 Å². The van der Waals surface area contributed by atoms with Crippen LogP contribution in [0.4, 0.5) is 5.82 Å². The van der Waals surface area contributed by atoms with E-state index in [2.05, 4.69) is 52.8 Å². The van der Waals surface area contributed by atoms with Crippen LogP contribution >= 0.6 is 0 Å². The number of aldehydes is 1. The van der Waals surface area contributed by atoms with E-state index in [9.17, 15) is 4.79 Å². The summed E-state index contributed by atoms with van der Waals surface area (Å²) in [6, 6.07) is 15.1. The second kappa shape index (κ2) is 7.17. The van der Waals surface area contributed by atoms with Crippen LogP contribution in [0, 0.1) is 0 Å². The summed E-state index contributed by atoms with van der Waals surface area (Å²) in [5.41, 5.74) is 4.19. The normalized spacial score (nSPS) is 20.6. The summed E-state index contributed by atoms with van der Waals surface area (Å²) in [7, 11) is 0. The number of carbonyl (C=O) groups is 1. The predicted octanol–water partition coefficient (Wildman–Crippen LogP) is 4.08. The number of carbonyl (C=O) groups excluding carboxylic acids is 1. The molecule has 144 valence electrons. The molecule has 1 saturated carbocycles. The Labute approximate surface area is 169 Å². The molecular weight excluding hydrogens is 360 g/mol. The highest BCUT2D eigenvalue weighted by Gasteiger charge is 2.38. The van der Waals surface area contributed by atoms with Crippen molar-refractivity contribution in [3.05, 3.63) is 89.4 Å². The summed E-state index contributed by atoms with van der Waals surface area (Å²) in [4.78, 5) is 15.3. The number of hydrogen-bond donors (Lipinski definition) is 1. The zero-order valence-electron chi connectivity index (χ0n) is 16.0. The molecule has 0 bridgehead atoms. The minimum Gasteiger partial charge on any atom is -0.365 e. The van der Waals surface area contributed by atoms with Crippen LogP contribution < -0.4 is 5.32 Å². The van der Waals surface area contributed by atoms with Crippen molar-refractivity contribution in [1.82, 2.24) is 14.8 Å². The van der Waals surface area contributed by atoms with Crippen molar-refractivity contribution < 1.29 is 4.79 Å². The second-order valence-corrected chi connectivity index (χ2v) is 7.64. The van der Waals surface area contributed by atoms with Gasteiger partial charge in [-0.1, -0.05) is 48.6 Å². The van der Waals surface area contributed by atoms with Gasteiger partial charge in [0.15, 0.2) is 5.82 Å². The van der Waals surface area contributed by atoms with Gasteiger partial charge in [-0.15, -0.1) is 0 Å². The van der Waals surface area contributed by atoms with Crippen molar-refractivity contribution in [2.24, 2.45) is 0 Å². The van der Waals surface area contributed by atoms with Gasteiger partial charge in [0, 0.05) is 42.0 Å². The fourth-order valence-electron chi connectivity index (χ4n) is 4.08. The van der Waals surface area contributed by atoms with Crippen molar-refractivity contribution in [1.29, 1.82) is 0 Å². The monoisotopic (exact) mass is 382 g/mol. The lowest BCUT2D eigenvalue weighted by Gasteiger charge is -2.34. The number of anilines is 1. The molecule has 3 aromatic rings. The third-order valence-electron chi connectivity index (χ3n) is 5.72. The summed E-state index contributed by atoms with van der Waals surface area (Å²) < 4.78 is 1.84. The number of nitrogens with zero attached hydrogens (tertiary/aromatic N) is 3. The van der Waals surface area contributed by atoms with Crippen molar-refractivity contribution in [3.63, 3.8) is 0 Å². The quantitative estimate of drug-likeness (QED) is 0.516. The lowest BCUT2D eigenvalue weighted by Crippen LogP contribution is -2.31. The van der Waals surface area contributed by atoms with Gasteiger partial charge in [-0.2, -0.15) is 5.10 Å². The summed E-state index contributed by atoms with van der Waals surface area (Å²) >= 11 is 0. The smallest absolute Gasteiger partial charge is 0.156 e. The fourth-order valence-corrected chi connectivity index (χ4v) is 4.08. The van der Waals surface area contributed by atoms with Crippen LogP contribution in [0.3, 0.4) is 0 Å². The van der Waals surface area contributed by atoms with Crippen molar-refractivity contribution in [2.45, 2.75) is 30.7 Å². The van der Waals surface area contributed by atoms with E-state index >= 15 is 0 Å². The molecule has 29 heavy (non-hydrogen) atoms. The average Bonchev–Trinajstić information content (AvgIpc) is 3.54. The summed E-state index contributed by atoms with van der Waals surface area (Å²) in [6.45, 7) is 0. The van der Waals surface area contributed by atoms with Gasteiger partial charge >= 0.3 is 0 Å². The van der Waals surface area contributed by atoms with E-state index in [0.29, 0.717) is 6.04 Å². The van der Waals surface area contributed by atoms with Crippen molar-refractivity contribution in [2.75, 3.05) is 5.32 Å². The van der Waals surface area contributed by atoms with Crippen LogP contribution in [0.5, 0.6) is 0 Å². The van der Waals surface area contributed by atoms with Gasteiger partial charge in [-0.3, -0.25) is 9.78 Å². The molecule has 1 fully saturated rings. The maximum atomic E-state index is 10.9. The zero-order valence-corrected chi connectivity index (χ0v) is 16.0. The molecule has 5 nitrogen and oxygen atoms in total. The SMILES string of the molecule is O=CC=Cn1nc(NC2CC2)c2c1CC(c1ccccc1)(c1cccnc1)C=C2. The number of fused-ring (bicyclic) bond motifs is 1. The first-order valence-corrected chi connectivity index (χ1v) is 9.95. The third kappa shape index (κ3) is 3.18. The first-order valence-electron chi connectivity index (χ1n) is 9.95. The molecule has 1 atom stereocenters. The maximum Gasteiger partial charge on any atom is 0.156 e. The Morgan fingerprint density at radius 3 is 2.66 bits per heavy atom. The Balaban J connectivity index is 1.67. The molecule has 5 rings (SSSR count). The third-order valence-corrected chi connectivity index (χ3v) is 5.72. The molecule has 0 amide bonds. The average molecular weight is 382 g/mol. The number of nitrogens with one attached hydrogen (secondary N) is 1. The summed E-state index contributed by atoms with van der Waals surface area (Å²) in [5.74, 6) is 0.891. The van der Waals surface area contributed by atoms with Crippen molar-refractivity contribution >= 4 is 24.4 Å². The lowest BCUT2D eigenvalue weighted by molar-refractivity contribution is -0.104. The van der Waals surface area contributed by atoms with Gasteiger partial charge in [0.2, 0.25) is 0 Å². The molecule has 1 unspecified atom stereocenters. The Morgan fingerprint density at radius 1 is 1.10 bits per heavy atom.